The van der Waals surface area contributed by atoms with E-state index in [0.717, 1.165) is 28.3 Å². The molecule has 0 radical (unpaired) electrons. The molecule has 2 aromatic rings. The van der Waals surface area contributed by atoms with Crippen molar-refractivity contribution in [1.29, 1.82) is 0 Å². The molecule has 1 N–H and O–H groups in total. The Bertz CT molecular complexity index is 633. The highest BCUT2D eigenvalue weighted by atomic mass is 32.1. The summed E-state index contributed by atoms with van der Waals surface area (Å²) >= 11 is 1.62. The van der Waals surface area contributed by atoms with Crippen LogP contribution in [0.25, 0.3) is 0 Å². The maximum atomic E-state index is 12.2. The van der Waals surface area contributed by atoms with Gasteiger partial charge in [0.15, 0.2) is 0 Å². The molecule has 1 aromatic carbocycles. The van der Waals surface area contributed by atoms with Crippen LogP contribution < -0.4 is 5.32 Å². The number of aromatic nitrogens is 1. The maximum Gasteiger partial charge on any atom is 0.251 e. The van der Waals surface area contributed by atoms with Crippen LogP contribution in [0.1, 0.15) is 44.2 Å². The molecular weight excluding hydrogens is 268 g/mol. The quantitative estimate of drug-likeness (QED) is 0.941. The van der Waals surface area contributed by atoms with Crippen LogP contribution in [0.5, 0.6) is 0 Å². The summed E-state index contributed by atoms with van der Waals surface area (Å²) in [5.74, 6) is 0.00410. The number of thiazole rings is 1. The van der Waals surface area contributed by atoms with Gasteiger partial charge in [0.1, 0.15) is 0 Å². The highest BCUT2D eigenvalue weighted by Gasteiger charge is 2.12. The number of hydrogen-bond acceptors (Lipinski definition) is 3. The number of nitrogens with zero attached hydrogens (tertiary/aromatic N) is 1. The summed E-state index contributed by atoms with van der Waals surface area (Å²) in [6, 6.07) is 6.11. The van der Waals surface area contributed by atoms with Gasteiger partial charge in [-0.15, -0.1) is 11.3 Å². The van der Waals surface area contributed by atoms with Gasteiger partial charge in [0, 0.05) is 16.6 Å². The van der Waals surface area contributed by atoms with E-state index >= 15 is 0 Å². The molecule has 3 nitrogen and oxygen atoms in total. The van der Waals surface area contributed by atoms with E-state index in [2.05, 4.69) is 22.4 Å². The van der Waals surface area contributed by atoms with Gasteiger partial charge in [-0.25, -0.2) is 4.98 Å². The second kappa shape index (κ2) is 5.75. The van der Waals surface area contributed by atoms with Crippen molar-refractivity contribution in [3.8, 4) is 0 Å². The Morgan fingerprint density at radius 1 is 1.30 bits per heavy atom. The van der Waals surface area contributed by atoms with Crippen LogP contribution in [0.2, 0.25) is 0 Å². The lowest BCUT2D eigenvalue weighted by atomic mass is 9.90. The third-order valence-corrected chi connectivity index (χ3v) is 4.62. The fourth-order valence-electron chi connectivity index (χ4n) is 2.63. The van der Waals surface area contributed by atoms with E-state index in [1.165, 1.54) is 24.0 Å². The van der Waals surface area contributed by atoms with Gasteiger partial charge in [-0.2, -0.15) is 0 Å². The van der Waals surface area contributed by atoms with Gasteiger partial charge in [-0.05, 0) is 55.9 Å². The molecule has 0 saturated carbocycles. The van der Waals surface area contributed by atoms with Gasteiger partial charge < -0.3 is 5.32 Å². The summed E-state index contributed by atoms with van der Waals surface area (Å²) in [6.45, 7) is 2.53. The fraction of sp³-hybridized carbons (Fsp3) is 0.375. The highest BCUT2D eigenvalue weighted by Crippen LogP contribution is 2.22. The third-order valence-electron chi connectivity index (χ3n) is 3.70. The Balaban J connectivity index is 1.67. The van der Waals surface area contributed by atoms with Crippen molar-refractivity contribution in [1.82, 2.24) is 10.3 Å². The van der Waals surface area contributed by atoms with Crippen molar-refractivity contribution in [2.24, 2.45) is 0 Å². The van der Waals surface area contributed by atoms with Crippen LogP contribution >= 0.6 is 11.3 Å². The van der Waals surface area contributed by atoms with Crippen LogP contribution in [0.15, 0.2) is 24.4 Å². The molecule has 0 atom stereocenters. The van der Waals surface area contributed by atoms with E-state index in [1.807, 2.05) is 19.2 Å². The minimum Gasteiger partial charge on any atom is -0.347 e. The Labute approximate surface area is 123 Å². The zero-order valence-electron chi connectivity index (χ0n) is 11.6. The Hall–Kier alpha value is -1.68. The molecule has 4 heteroatoms. The van der Waals surface area contributed by atoms with Crippen molar-refractivity contribution in [3.63, 3.8) is 0 Å². The normalized spacial score (nSPS) is 13.8. The summed E-state index contributed by atoms with van der Waals surface area (Å²) in [7, 11) is 0. The second-order valence-electron chi connectivity index (χ2n) is 5.22. The largest absolute Gasteiger partial charge is 0.347 e. The summed E-state index contributed by atoms with van der Waals surface area (Å²) < 4.78 is 0. The zero-order valence-corrected chi connectivity index (χ0v) is 12.4. The van der Waals surface area contributed by atoms with Crippen LogP contribution in [0, 0.1) is 6.92 Å². The second-order valence-corrected chi connectivity index (χ2v) is 6.54. The molecule has 20 heavy (non-hydrogen) atoms. The van der Waals surface area contributed by atoms with Gasteiger partial charge in [0.25, 0.3) is 5.91 Å². The molecule has 0 spiro atoms. The molecule has 1 aromatic heterocycles. The van der Waals surface area contributed by atoms with E-state index in [-0.39, 0.29) is 5.91 Å². The lowest BCUT2D eigenvalue weighted by Gasteiger charge is -2.16. The standard InChI is InChI=1S/C16H18N2OS/c1-11-17-9-15(20-11)10-18-16(19)14-7-6-12-4-2-3-5-13(12)8-14/h6-9H,2-5,10H2,1H3,(H,18,19). The summed E-state index contributed by atoms with van der Waals surface area (Å²) in [5.41, 5.74) is 3.52. The van der Waals surface area contributed by atoms with Crippen LogP contribution in [0.3, 0.4) is 0 Å². The predicted molar refractivity (Wildman–Crippen MR) is 81.1 cm³/mol. The topological polar surface area (TPSA) is 42.0 Å². The minimum atomic E-state index is 0.00410. The van der Waals surface area contributed by atoms with E-state index in [0.29, 0.717) is 6.54 Å². The van der Waals surface area contributed by atoms with Crippen molar-refractivity contribution in [3.05, 3.63) is 51.0 Å². The number of rotatable bonds is 3. The Morgan fingerprint density at radius 2 is 2.10 bits per heavy atom. The Morgan fingerprint density at radius 3 is 2.85 bits per heavy atom. The molecule has 3 rings (SSSR count). The average Bonchev–Trinajstić information content (AvgIpc) is 2.90. The first-order valence-corrected chi connectivity index (χ1v) is 7.85. The van der Waals surface area contributed by atoms with E-state index in [1.54, 1.807) is 11.3 Å². The van der Waals surface area contributed by atoms with E-state index in [9.17, 15) is 4.79 Å². The Kier molecular flexibility index (Phi) is 3.83. The molecule has 1 aliphatic rings. The fourth-order valence-corrected chi connectivity index (χ4v) is 3.37. The number of benzene rings is 1. The number of nitrogens with one attached hydrogen (secondary N) is 1. The van der Waals surface area contributed by atoms with Crippen molar-refractivity contribution in [2.45, 2.75) is 39.2 Å². The first-order valence-electron chi connectivity index (χ1n) is 7.04. The van der Waals surface area contributed by atoms with Gasteiger partial charge >= 0.3 is 0 Å². The van der Waals surface area contributed by atoms with Crippen LogP contribution in [0.4, 0.5) is 0 Å². The number of carbonyl (C=O) groups is 1. The smallest absolute Gasteiger partial charge is 0.251 e. The summed E-state index contributed by atoms with van der Waals surface area (Å²) in [6.07, 6.45) is 6.58. The SMILES string of the molecule is Cc1ncc(CNC(=O)c2ccc3c(c2)CCCC3)s1. The molecule has 0 saturated heterocycles. The number of carbonyl (C=O) groups excluding carboxylic acids is 1. The first kappa shape index (κ1) is 13.3. The molecule has 0 bridgehead atoms. The number of aryl methyl sites for hydroxylation is 3. The molecular formula is C16H18N2OS. The van der Waals surface area contributed by atoms with E-state index < -0.39 is 0 Å². The first-order chi connectivity index (χ1) is 9.72. The van der Waals surface area contributed by atoms with Gasteiger partial charge in [-0.1, -0.05) is 6.07 Å². The molecule has 1 amide bonds. The number of amides is 1. The van der Waals surface area contributed by atoms with Crippen LogP contribution in [-0.2, 0) is 19.4 Å². The van der Waals surface area contributed by atoms with Crippen molar-refractivity contribution in [2.75, 3.05) is 0 Å². The zero-order chi connectivity index (χ0) is 13.9. The summed E-state index contributed by atoms with van der Waals surface area (Å²) in [4.78, 5) is 17.5. The van der Waals surface area contributed by atoms with Crippen molar-refractivity contribution < 1.29 is 4.79 Å². The molecule has 1 heterocycles. The average molecular weight is 286 g/mol. The predicted octanol–water partition coefficient (Wildman–Crippen LogP) is 3.26. The monoisotopic (exact) mass is 286 g/mol. The van der Waals surface area contributed by atoms with Gasteiger partial charge in [-0.3, -0.25) is 4.79 Å². The number of fused-ring (bicyclic) bond motifs is 1. The van der Waals surface area contributed by atoms with Crippen LogP contribution in [-0.4, -0.2) is 10.9 Å². The van der Waals surface area contributed by atoms with Gasteiger partial charge in [0.05, 0.1) is 11.6 Å². The van der Waals surface area contributed by atoms with Gasteiger partial charge in [0.2, 0.25) is 0 Å². The lowest BCUT2D eigenvalue weighted by molar-refractivity contribution is 0.0951. The summed E-state index contributed by atoms with van der Waals surface area (Å²) in [5, 5.41) is 4.00. The third kappa shape index (κ3) is 2.90. The molecule has 0 fully saturated rings. The minimum absolute atomic E-state index is 0.00410. The van der Waals surface area contributed by atoms with Crippen molar-refractivity contribution >= 4 is 17.2 Å². The lowest BCUT2D eigenvalue weighted by Crippen LogP contribution is -2.22. The molecule has 104 valence electrons. The molecule has 0 unspecified atom stereocenters. The molecule has 1 aliphatic carbocycles. The number of hydrogen-bond donors (Lipinski definition) is 1. The highest BCUT2D eigenvalue weighted by molar-refractivity contribution is 7.11. The maximum absolute atomic E-state index is 12.2. The van der Waals surface area contributed by atoms with E-state index in [4.69, 9.17) is 0 Å². The molecule has 0 aliphatic heterocycles.